The predicted octanol–water partition coefficient (Wildman–Crippen LogP) is 4.82. The zero-order valence-electron chi connectivity index (χ0n) is 13.2. The maximum Gasteiger partial charge on any atom is 0.0516 e. The first-order valence-electron chi connectivity index (χ1n) is 7.53. The number of aryl methyl sites for hydroxylation is 1. The van der Waals surface area contributed by atoms with Crippen molar-refractivity contribution in [3.8, 4) is 29.3 Å². The van der Waals surface area contributed by atoms with Gasteiger partial charge in [0.25, 0.3) is 0 Å². The maximum atomic E-state index is 5.73. The Hall–Kier alpha value is -2.66. The Morgan fingerprint density at radius 1 is 1.05 bits per heavy atom. The van der Waals surface area contributed by atoms with Gasteiger partial charge in [0.05, 0.1) is 11.3 Å². The zero-order chi connectivity index (χ0) is 15.7. The van der Waals surface area contributed by atoms with E-state index in [0.29, 0.717) is 6.04 Å². The lowest BCUT2D eigenvalue weighted by atomic mass is 10.1. The molecule has 0 fully saturated rings. The summed E-state index contributed by atoms with van der Waals surface area (Å²) in [5, 5.41) is 0. The molecule has 0 atom stereocenters. The number of aromatic nitrogens is 2. The molecule has 0 N–H and O–H groups in total. The van der Waals surface area contributed by atoms with E-state index in [9.17, 15) is 0 Å². The Morgan fingerprint density at radius 2 is 1.77 bits per heavy atom. The van der Waals surface area contributed by atoms with Gasteiger partial charge in [-0.3, -0.25) is 0 Å². The monoisotopic (exact) mass is 288 g/mol. The highest BCUT2D eigenvalue weighted by atomic mass is 15.0. The highest BCUT2D eigenvalue weighted by Crippen LogP contribution is 2.28. The molecule has 3 aromatic rings. The molecular weight excluding hydrogens is 268 g/mol. The van der Waals surface area contributed by atoms with Gasteiger partial charge in [0.1, 0.15) is 0 Å². The van der Waals surface area contributed by atoms with Gasteiger partial charge >= 0.3 is 0 Å². The molecule has 2 aromatic heterocycles. The van der Waals surface area contributed by atoms with Crippen molar-refractivity contribution in [3.05, 3.63) is 66.1 Å². The van der Waals surface area contributed by atoms with E-state index in [-0.39, 0.29) is 0 Å². The second-order valence-electron chi connectivity index (χ2n) is 5.87. The van der Waals surface area contributed by atoms with E-state index in [1.54, 1.807) is 0 Å². The SMILES string of the molecule is C#Cc1cn(-c2ccc(C)cc2)cc1-c1cccn1C(C)C. The molecule has 0 spiro atoms. The molecule has 2 nitrogen and oxygen atoms in total. The van der Waals surface area contributed by atoms with Crippen LogP contribution in [0.3, 0.4) is 0 Å². The van der Waals surface area contributed by atoms with E-state index in [1.165, 1.54) is 5.56 Å². The van der Waals surface area contributed by atoms with Crippen LogP contribution < -0.4 is 0 Å². The van der Waals surface area contributed by atoms with Gasteiger partial charge in [-0.05, 0) is 45.0 Å². The van der Waals surface area contributed by atoms with Gasteiger partial charge in [0.15, 0.2) is 0 Å². The summed E-state index contributed by atoms with van der Waals surface area (Å²) in [5.41, 5.74) is 5.55. The highest BCUT2D eigenvalue weighted by Gasteiger charge is 2.13. The van der Waals surface area contributed by atoms with Crippen LogP contribution in [-0.2, 0) is 0 Å². The van der Waals surface area contributed by atoms with E-state index >= 15 is 0 Å². The molecule has 0 saturated carbocycles. The van der Waals surface area contributed by atoms with Gasteiger partial charge in [-0.1, -0.05) is 23.6 Å². The maximum absolute atomic E-state index is 5.73. The van der Waals surface area contributed by atoms with Crippen molar-refractivity contribution in [1.82, 2.24) is 9.13 Å². The molecule has 1 aromatic carbocycles. The lowest BCUT2D eigenvalue weighted by molar-refractivity contribution is 0.610. The van der Waals surface area contributed by atoms with Crippen LogP contribution in [0.25, 0.3) is 16.9 Å². The third kappa shape index (κ3) is 2.46. The normalized spacial score (nSPS) is 10.9. The number of hydrogen-bond donors (Lipinski definition) is 0. The molecule has 110 valence electrons. The van der Waals surface area contributed by atoms with Gasteiger partial charge in [-0.15, -0.1) is 6.42 Å². The largest absolute Gasteiger partial charge is 0.345 e. The summed E-state index contributed by atoms with van der Waals surface area (Å²) in [5.74, 6) is 2.82. The summed E-state index contributed by atoms with van der Waals surface area (Å²) in [6.07, 6.45) is 12.0. The molecule has 2 heterocycles. The van der Waals surface area contributed by atoms with Crippen LogP contribution in [0.15, 0.2) is 55.0 Å². The minimum absolute atomic E-state index is 0.401. The van der Waals surface area contributed by atoms with Crippen molar-refractivity contribution < 1.29 is 0 Å². The number of hydrogen-bond acceptors (Lipinski definition) is 0. The minimum atomic E-state index is 0.401. The lowest BCUT2D eigenvalue weighted by Crippen LogP contribution is -2.00. The average molecular weight is 288 g/mol. The number of terminal acetylenes is 1. The van der Waals surface area contributed by atoms with Crippen LogP contribution in [-0.4, -0.2) is 9.13 Å². The Kier molecular flexibility index (Phi) is 3.65. The predicted molar refractivity (Wildman–Crippen MR) is 92.3 cm³/mol. The van der Waals surface area contributed by atoms with Crippen LogP contribution in [0.2, 0.25) is 0 Å². The third-order valence-electron chi connectivity index (χ3n) is 3.93. The minimum Gasteiger partial charge on any atom is -0.345 e. The van der Waals surface area contributed by atoms with Gasteiger partial charge < -0.3 is 9.13 Å². The fourth-order valence-electron chi connectivity index (χ4n) is 2.71. The Balaban J connectivity index is 2.11. The summed E-state index contributed by atoms with van der Waals surface area (Å²) < 4.78 is 4.34. The number of benzene rings is 1. The molecule has 0 aliphatic carbocycles. The fourth-order valence-corrected chi connectivity index (χ4v) is 2.71. The lowest BCUT2D eigenvalue weighted by Gasteiger charge is -2.12. The number of rotatable bonds is 3. The molecule has 22 heavy (non-hydrogen) atoms. The van der Waals surface area contributed by atoms with Crippen LogP contribution in [0.4, 0.5) is 0 Å². The van der Waals surface area contributed by atoms with Crippen LogP contribution >= 0.6 is 0 Å². The fraction of sp³-hybridized carbons (Fsp3) is 0.200. The van der Waals surface area contributed by atoms with Crippen molar-refractivity contribution in [2.24, 2.45) is 0 Å². The zero-order valence-corrected chi connectivity index (χ0v) is 13.2. The Morgan fingerprint density at radius 3 is 2.41 bits per heavy atom. The van der Waals surface area contributed by atoms with Gasteiger partial charge in [0, 0.05) is 35.9 Å². The summed E-state index contributed by atoms with van der Waals surface area (Å²) in [6.45, 7) is 6.44. The number of nitrogens with zero attached hydrogens (tertiary/aromatic N) is 2. The molecule has 0 saturated heterocycles. The summed E-state index contributed by atoms with van der Waals surface area (Å²) in [4.78, 5) is 0. The van der Waals surface area contributed by atoms with E-state index in [0.717, 1.165) is 22.5 Å². The van der Waals surface area contributed by atoms with E-state index in [4.69, 9.17) is 6.42 Å². The van der Waals surface area contributed by atoms with Crippen molar-refractivity contribution in [2.75, 3.05) is 0 Å². The van der Waals surface area contributed by atoms with Crippen molar-refractivity contribution in [1.29, 1.82) is 0 Å². The molecule has 0 amide bonds. The molecule has 0 unspecified atom stereocenters. The quantitative estimate of drug-likeness (QED) is 0.612. The highest BCUT2D eigenvalue weighted by molar-refractivity contribution is 5.69. The van der Waals surface area contributed by atoms with Crippen molar-refractivity contribution >= 4 is 0 Å². The van der Waals surface area contributed by atoms with Crippen molar-refractivity contribution in [3.63, 3.8) is 0 Å². The van der Waals surface area contributed by atoms with Gasteiger partial charge in [-0.2, -0.15) is 0 Å². The van der Waals surface area contributed by atoms with E-state index < -0.39 is 0 Å². The Bertz CT molecular complexity index is 823. The summed E-state index contributed by atoms with van der Waals surface area (Å²) in [7, 11) is 0. The second-order valence-corrected chi connectivity index (χ2v) is 5.87. The first kappa shape index (κ1) is 14.3. The molecular formula is C20H20N2. The molecule has 0 radical (unpaired) electrons. The molecule has 0 aliphatic heterocycles. The summed E-state index contributed by atoms with van der Waals surface area (Å²) in [6, 6.07) is 13.0. The van der Waals surface area contributed by atoms with Gasteiger partial charge in [-0.25, -0.2) is 0 Å². The Labute approximate surface area is 132 Å². The summed E-state index contributed by atoms with van der Waals surface area (Å²) >= 11 is 0. The first-order valence-corrected chi connectivity index (χ1v) is 7.53. The van der Waals surface area contributed by atoms with Crippen LogP contribution in [0.5, 0.6) is 0 Å². The van der Waals surface area contributed by atoms with Crippen LogP contribution in [0.1, 0.15) is 31.0 Å². The standard InChI is InChI=1S/C20H20N2/c1-5-17-13-21(18-10-8-16(4)9-11-18)14-19(17)20-7-6-12-22(20)15(2)3/h1,6-15H,2-4H3. The molecule has 0 bridgehead atoms. The van der Waals surface area contributed by atoms with Gasteiger partial charge in [0.2, 0.25) is 0 Å². The van der Waals surface area contributed by atoms with E-state index in [1.807, 2.05) is 6.20 Å². The third-order valence-corrected chi connectivity index (χ3v) is 3.93. The molecule has 2 heteroatoms. The molecule has 0 aliphatic rings. The van der Waals surface area contributed by atoms with Crippen molar-refractivity contribution in [2.45, 2.75) is 26.8 Å². The van der Waals surface area contributed by atoms with Crippen LogP contribution in [0, 0.1) is 19.3 Å². The average Bonchev–Trinajstić information content (AvgIpc) is 3.14. The second kappa shape index (κ2) is 5.61. The topological polar surface area (TPSA) is 9.86 Å². The molecule has 3 rings (SSSR count). The van der Waals surface area contributed by atoms with E-state index in [2.05, 4.69) is 84.6 Å². The smallest absolute Gasteiger partial charge is 0.0516 e. The first-order chi connectivity index (χ1) is 10.6.